The van der Waals surface area contributed by atoms with E-state index in [1.807, 2.05) is 0 Å². The third-order valence-corrected chi connectivity index (χ3v) is 1.72. The van der Waals surface area contributed by atoms with Gasteiger partial charge in [0.15, 0.2) is 0 Å². The number of rotatable bonds is 2. The Labute approximate surface area is 89.2 Å². The van der Waals surface area contributed by atoms with Gasteiger partial charge in [-0.3, -0.25) is 0 Å². The highest BCUT2D eigenvalue weighted by Crippen LogP contribution is 2.20. The molecular weight excluding hydrogens is 222 g/mol. The van der Waals surface area contributed by atoms with Gasteiger partial charge in [0.25, 0.3) is 0 Å². The van der Waals surface area contributed by atoms with Crippen molar-refractivity contribution < 1.29 is 23.4 Å². The van der Waals surface area contributed by atoms with Crippen molar-refractivity contribution in [2.24, 2.45) is 10.7 Å². The maximum Gasteiger partial charge on any atom is 0.433 e. The quantitative estimate of drug-likeness (QED) is 0.593. The lowest BCUT2D eigenvalue weighted by Gasteiger charge is -2.06. The molecule has 7 heteroatoms. The number of carbonyl (C=O) groups is 1. The number of ether oxygens (including phenoxy) is 1. The van der Waals surface area contributed by atoms with E-state index in [9.17, 15) is 13.6 Å². The van der Waals surface area contributed by atoms with Gasteiger partial charge in [0.1, 0.15) is 23.2 Å². The number of amidine groups is 1. The molecule has 0 fully saturated rings. The fraction of sp³-hybridized carbons (Fsp3) is 0.111. The molecule has 0 aliphatic heterocycles. The van der Waals surface area contributed by atoms with E-state index in [0.717, 1.165) is 12.1 Å². The molecule has 1 rings (SSSR count). The minimum atomic E-state index is -1.63. The Bertz CT molecular complexity index is 437. The van der Waals surface area contributed by atoms with Crippen molar-refractivity contribution >= 4 is 11.9 Å². The molecule has 1 amide bonds. The predicted molar refractivity (Wildman–Crippen MR) is 51.7 cm³/mol. The number of hydrogen-bond acceptors (Lipinski definition) is 2. The summed E-state index contributed by atoms with van der Waals surface area (Å²) in [5, 5.41) is 8.29. The molecule has 86 valence electrons. The zero-order valence-corrected chi connectivity index (χ0v) is 8.20. The molecule has 5 nitrogen and oxygen atoms in total. The van der Waals surface area contributed by atoms with E-state index in [4.69, 9.17) is 10.8 Å². The van der Waals surface area contributed by atoms with E-state index in [2.05, 4.69) is 9.73 Å². The van der Waals surface area contributed by atoms with Crippen molar-refractivity contribution in [1.29, 1.82) is 0 Å². The molecular formula is C9H8F2N2O3. The minimum Gasteiger partial charge on any atom is -0.497 e. The standard InChI is InChI=1S/C9H8F2N2O3/c1-16-4-2-5(10)7(6(11)3-4)8(12)13-9(14)15/h2-3H,1H3,(H2,12,13)(H,14,15). The molecule has 0 spiro atoms. The summed E-state index contributed by atoms with van der Waals surface area (Å²) >= 11 is 0. The molecule has 0 aliphatic carbocycles. The number of nitrogens with zero attached hydrogens (tertiary/aromatic N) is 1. The summed E-state index contributed by atoms with van der Waals surface area (Å²) in [5.74, 6) is -2.87. The molecule has 0 aliphatic rings. The average Bonchev–Trinajstić information content (AvgIpc) is 2.15. The largest absolute Gasteiger partial charge is 0.497 e. The lowest BCUT2D eigenvalue weighted by atomic mass is 10.1. The molecule has 0 radical (unpaired) electrons. The first-order valence-electron chi connectivity index (χ1n) is 4.06. The lowest BCUT2D eigenvalue weighted by Crippen LogP contribution is -2.19. The number of nitrogens with two attached hydrogens (primary N) is 1. The van der Waals surface area contributed by atoms with E-state index in [0.29, 0.717) is 0 Å². The predicted octanol–water partition coefficient (Wildman–Crippen LogP) is 1.36. The Morgan fingerprint density at radius 2 is 1.94 bits per heavy atom. The third-order valence-electron chi connectivity index (χ3n) is 1.72. The Kier molecular flexibility index (Phi) is 3.39. The molecule has 0 heterocycles. The van der Waals surface area contributed by atoms with Crippen molar-refractivity contribution in [1.82, 2.24) is 0 Å². The van der Waals surface area contributed by atoms with E-state index in [-0.39, 0.29) is 5.75 Å². The van der Waals surface area contributed by atoms with Crippen LogP contribution >= 0.6 is 0 Å². The van der Waals surface area contributed by atoms with Crippen molar-refractivity contribution in [2.45, 2.75) is 0 Å². The van der Waals surface area contributed by atoms with Crippen LogP contribution in [-0.4, -0.2) is 24.1 Å². The number of carboxylic acid groups (broad SMARTS) is 1. The average molecular weight is 230 g/mol. The summed E-state index contributed by atoms with van der Waals surface area (Å²) in [6, 6.07) is 1.76. The van der Waals surface area contributed by atoms with E-state index in [1.165, 1.54) is 7.11 Å². The van der Waals surface area contributed by atoms with Gasteiger partial charge in [-0.05, 0) is 0 Å². The summed E-state index contributed by atoms with van der Waals surface area (Å²) < 4.78 is 31.3. The van der Waals surface area contributed by atoms with Crippen LogP contribution in [0.4, 0.5) is 13.6 Å². The highest BCUT2D eigenvalue weighted by atomic mass is 19.1. The molecule has 0 saturated carbocycles. The number of amides is 1. The minimum absolute atomic E-state index is 0.0399. The number of hydrogen-bond donors (Lipinski definition) is 2. The van der Waals surface area contributed by atoms with Gasteiger partial charge in [-0.15, -0.1) is 0 Å². The SMILES string of the molecule is COc1cc(F)c(C(N)=NC(=O)O)c(F)c1. The molecule has 1 aromatic rings. The third kappa shape index (κ3) is 2.44. The molecule has 0 saturated heterocycles. The molecule has 0 aromatic heterocycles. The zero-order chi connectivity index (χ0) is 12.3. The van der Waals surface area contributed by atoms with Crippen molar-refractivity contribution in [3.05, 3.63) is 29.3 Å². The molecule has 16 heavy (non-hydrogen) atoms. The number of methoxy groups -OCH3 is 1. The van der Waals surface area contributed by atoms with Gasteiger partial charge in [-0.25, -0.2) is 13.6 Å². The van der Waals surface area contributed by atoms with Crippen molar-refractivity contribution in [3.8, 4) is 5.75 Å². The van der Waals surface area contributed by atoms with Crippen LogP contribution in [0, 0.1) is 11.6 Å². The van der Waals surface area contributed by atoms with Crippen LogP contribution in [-0.2, 0) is 0 Å². The second kappa shape index (κ2) is 4.56. The molecule has 0 atom stereocenters. The fourth-order valence-corrected chi connectivity index (χ4v) is 1.07. The molecule has 0 unspecified atom stereocenters. The van der Waals surface area contributed by atoms with Crippen LogP contribution in [0.5, 0.6) is 5.75 Å². The summed E-state index contributed by atoms with van der Waals surface area (Å²) in [6.07, 6.45) is -1.63. The molecule has 0 bridgehead atoms. The monoisotopic (exact) mass is 230 g/mol. The second-order valence-electron chi connectivity index (χ2n) is 2.75. The Morgan fingerprint density at radius 1 is 1.44 bits per heavy atom. The normalized spacial score (nSPS) is 11.3. The summed E-state index contributed by atoms with van der Waals surface area (Å²) in [5.41, 5.74) is 4.45. The van der Waals surface area contributed by atoms with Crippen LogP contribution in [0.1, 0.15) is 5.56 Å². The Balaban J connectivity index is 3.30. The first-order valence-corrected chi connectivity index (χ1v) is 4.06. The zero-order valence-electron chi connectivity index (χ0n) is 8.20. The summed E-state index contributed by atoms with van der Waals surface area (Å²) in [7, 11) is 1.24. The van der Waals surface area contributed by atoms with Crippen molar-refractivity contribution in [2.75, 3.05) is 7.11 Å². The van der Waals surface area contributed by atoms with Crippen LogP contribution in [0.3, 0.4) is 0 Å². The first-order chi connectivity index (χ1) is 7.45. The molecule has 1 aromatic carbocycles. The highest BCUT2D eigenvalue weighted by Gasteiger charge is 2.16. The van der Waals surface area contributed by atoms with Crippen LogP contribution < -0.4 is 10.5 Å². The topological polar surface area (TPSA) is 84.9 Å². The number of halogens is 2. The van der Waals surface area contributed by atoms with Gasteiger partial charge in [-0.2, -0.15) is 4.99 Å². The van der Waals surface area contributed by atoms with Gasteiger partial charge < -0.3 is 15.6 Å². The summed E-state index contributed by atoms with van der Waals surface area (Å²) in [6.45, 7) is 0. The summed E-state index contributed by atoms with van der Waals surface area (Å²) in [4.78, 5) is 13.0. The van der Waals surface area contributed by atoms with Gasteiger partial charge >= 0.3 is 6.09 Å². The molecule has 3 N–H and O–H groups in total. The van der Waals surface area contributed by atoms with Gasteiger partial charge in [0.05, 0.1) is 12.7 Å². The first kappa shape index (κ1) is 11.9. The lowest BCUT2D eigenvalue weighted by molar-refractivity contribution is 0.205. The van der Waals surface area contributed by atoms with Gasteiger partial charge in [-0.1, -0.05) is 0 Å². The number of aliphatic imine (C=N–C) groups is 1. The van der Waals surface area contributed by atoms with Crippen molar-refractivity contribution in [3.63, 3.8) is 0 Å². The second-order valence-corrected chi connectivity index (χ2v) is 2.75. The van der Waals surface area contributed by atoms with E-state index in [1.54, 1.807) is 0 Å². The Hall–Kier alpha value is -2.18. The smallest absolute Gasteiger partial charge is 0.433 e. The maximum atomic E-state index is 13.3. The highest BCUT2D eigenvalue weighted by molar-refractivity contribution is 6.02. The van der Waals surface area contributed by atoms with Gasteiger partial charge in [0, 0.05) is 12.1 Å². The fourth-order valence-electron chi connectivity index (χ4n) is 1.07. The van der Waals surface area contributed by atoms with Crippen LogP contribution in [0.25, 0.3) is 0 Å². The van der Waals surface area contributed by atoms with E-state index < -0.39 is 29.1 Å². The van der Waals surface area contributed by atoms with E-state index >= 15 is 0 Å². The maximum absolute atomic E-state index is 13.3. The number of benzene rings is 1. The van der Waals surface area contributed by atoms with Crippen LogP contribution in [0.2, 0.25) is 0 Å². The van der Waals surface area contributed by atoms with Gasteiger partial charge in [0.2, 0.25) is 0 Å². The Morgan fingerprint density at radius 3 is 2.31 bits per heavy atom. The van der Waals surface area contributed by atoms with Crippen LogP contribution in [0.15, 0.2) is 17.1 Å².